The molecule has 0 saturated carbocycles. The number of aromatic nitrogens is 3. The highest BCUT2D eigenvalue weighted by molar-refractivity contribution is 6.31. The summed E-state index contributed by atoms with van der Waals surface area (Å²) in [6, 6.07) is 1.72. The first-order valence-electron chi connectivity index (χ1n) is 5.07. The topological polar surface area (TPSA) is 55.7 Å². The SMILES string of the molecule is Cc1cnc(C(=O)Cc2ccncc2Cl)nc1. The lowest BCUT2D eigenvalue weighted by atomic mass is 10.1. The van der Waals surface area contributed by atoms with Gasteiger partial charge < -0.3 is 0 Å². The molecule has 0 aliphatic heterocycles. The van der Waals surface area contributed by atoms with E-state index in [2.05, 4.69) is 15.0 Å². The van der Waals surface area contributed by atoms with Crippen LogP contribution in [0, 0.1) is 6.92 Å². The zero-order valence-corrected chi connectivity index (χ0v) is 9.98. The van der Waals surface area contributed by atoms with Crippen LogP contribution in [0.2, 0.25) is 5.02 Å². The Kier molecular flexibility index (Phi) is 3.44. The number of aryl methyl sites for hydroxylation is 1. The molecule has 0 saturated heterocycles. The van der Waals surface area contributed by atoms with Gasteiger partial charge in [-0.1, -0.05) is 11.6 Å². The van der Waals surface area contributed by atoms with Gasteiger partial charge in [0, 0.05) is 31.2 Å². The molecule has 0 bridgehead atoms. The minimum absolute atomic E-state index is 0.155. The maximum absolute atomic E-state index is 11.9. The van der Waals surface area contributed by atoms with Gasteiger partial charge in [0.25, 0.3) is 0 Å². The van der Waals surface area contributed by atoms with Crippen molar-refractivity contribution >= 4 is 17.4 Å². The lowest BCUT2D eigenvalue weighted by Crippen LogP contribution is -2.09. The largest absolute Gasteiger partial charge is 0.290 e. The molecule has 0 aliphatic rings. The summed E-state index contributed by atoms with van der Waals surface area (Å²) in [6.07, 6.45) is 6.54. The Hall–Kier alpha value is -1.81. The first kappa shape index (κ1) is 11.7. The second-order valence-electron chi connectivity index (χ2n) is 3.65. The molecule has 4 nitrogen and oxygen atoms in total. The van der Waals surface area contributed by atoms with Crippen LogP contribution in [-0.4, -0.2) is 20.7 Å². The van der Waals surface area contributed by atoms with E-state index in [0.717, 1.165) is 11.1 Å². The summed E-state index contributed by atoms with van der Waals surface area (Å²) in [5, 5.41) is 0.480. The molecule has 0 aromatic carbocycles. The van der Waals surface area contributed by atoms with Crippen LogP contribution in [0.5, 0.6) is 0 Å². The zero-order chi connectivity index (χ0) is 12.3. The van der Waals surface area contributed by atoms with E-state index < -0.39 is 0 Å². The van der Waals surface area contributed by atoms with Crippen LogP contribution in [0.3, 0.4) is 0 Å². The highest BCUT2D eigenvalue weighted by Crippen LogP contribution is 2.15. The van der Waals surface area contributed by atoms with Gasteiger partial charge in [-0.3, -0.25) is 9.78 Å². The summed E-state index contributed by atoms with van der Waals surface area (Å²) >= 11 is 5.93. The Balaban J connectivity index is 2.17. The fourth-order valence-electron chi connectivity index (χ4n) is 1.34. The predicted octanol–water partition coefficient (Wildman–Crippen LogP) is 2.26. The third kappa shape index (κ3) is 2.85. The molecule has 86 valence electrons. The fraction of sp³-hybridized carbons (Fsp3) is 0.167. The second-order valence-corrected chi connectivity index (χ2v) is 4.06. The summed E-state index contributed by atoms with van der Waals surface area (Å²) in [5.74, 6) is 0.0570. The number of hydrogen-bond donors (Lipinski definition) is 0. The molecule has 0 amide bonds. The van der Waals surface area contributed by atoms with Gasteiger partial charge in [0.15, 0.2) is 5.82 Å². The van der Waals surface area contributed by atoms with Crippen molar-refractivity contribution < 1.29 is 4.79 Å². The number of halogens is 1. The number of Topliss-reactive ketones (excluding diaryl/α,β-unsaturated/α-hetero) is 1. The summed E-state index contributed by atoms with van der Waals surface area (Å²) in [6.45, 7) is 1.87. The van der Waals surface area contributed by atoms with E-state index in [4.69, 9.17) is 11.6 Å². The quantitative estimate of drug-likeness (QED) is 0.781. The first-order valence-corrected chi connectivity index (χ1v) is 5.45. The van der Waals surface area contributed by atoms with Crippen molar-refractivity contribution in [2.45, 2.75) is 13.3 Å². The molecule has 0 fully saturated rings. The van der Waals surface area contributed by atoms with Gasteiger partial charge in [0.05, 0.1) is 5.02 Å². The molecular formula is C12H10ClN3O. The number of carbonyl (C=O) groups excluding carboxylic acids is 1. The molecular weight excluding hydrogens is 238 g/mol. The van der Waals surface area contributed by atoms with Crippen molar-refractivity contribution in [2.75, 3.05) is 0 Å². The normalized spacial score (nSPS) is 10.2. The maximum atomic E-state index is 11.9. The van der Waals surface area contributed by atoms with E-state index in [1.165, 1.54) is 6.20 Å². The van der Waals surface area contributed by atoms with Crippen LogP contribution in [0.4, 0.5) is 0 Å². The van der Waals surface area contributed by atoms with Gasteiger partial charge in [-0.15, -0.1) is 0 Å². The van der Waals surface area contributed by atoms with E-state index in [9.17, 15) is 4.79 Å². The molecule has 0 N–H and O–H groups in total. The highest BCUT2D eigenvalue weighted by atomic mass is 35.5. The number of hydrogen-bond acceptors (Lipinski definition) is 4. The average molecular weight is 248 g/mol. The molecule has 2 aromatic rings. The van der Waals surface area contributed by atoms with Gasteiger partial charge in [0.1, 0.15) is 0 Å². The van der Waals surface area contributed by atoms with Gasteiger partial charge in [-0.2, -0.15) is 0 Å². The van der Waals surface area contributed by atoms with Crippen LogP contribution >= 0.6 is 11.6 Å². The highest BCUT2D eigenvalue weighted by Gasteiger charge is 2.11. The van der Waals surface area contributed by atoms with Crippen molar-refractivity contribution in [3.05, 3.63) is 52.8 Å². The van der Waals surface area contributed by atoms with Gasteiger partial charge in [-0.05, 0) is 24.1 Å². The first-order chi connectivity index (χ1) is 8.16. The minimum atomic E-state index is -0.155. The molecule has 5 heteroatoms. The summed E-state index contributed by atoms with van der Waals surface area (Å²) in [7, 11) is 0. The van der Waals surface area contributed by atoms with Crippen molar-refractivity contribution in [1.82, 2.24) is 15.0 Å². The number of ketones is 1. The zero-order valence-electron chi connectivity index (χ0n) is 9.22. The average Bonchev–Trinajstić information content (AvgIpc) is 2.33. The van der Waals surface area contributed by atoms with Crippen LogP contribution in [-0.2, 0) is 6.42 Å². The molecule has 0 radical (unpaired) electrons. The number of pyridine rings is 1. The molecule has 2 aromatic heterocycles. The van der Waals surface area contributed by atoms with E-state index in [-0.39, 0.29) is 18.0 Å². The summed E-state index contributed by atoms with van der Waals surface area (Å²) in [5.41, 5.74) is 1.65. The van der Waals surface area contributed by atoms with Crippen molar-refractivity contribution in [2.24, 2.45) is 0 Å². The molecule has 0 atom stereocenters. The lowest BCUT2D eigenvalue weighted by molar-refractivity contribution is 0.0983. The standard InChI is InChI=1S/C12H10ClN3O/c1-8-5-15-12(16-6-8)11(17)4-9-2-3-14-7-10(9)13/h2-3,5-7H,4H2,1H3. The van der Waals surface area contributed by atoms with Crippen LogP contribution in [0.15, 0.2) is 30.9 Å². The van der Waals surface area contributed by atoms with Gasteiger partial charge >= 0.3 is 0 Å². The minimum Gasteiger partial charge on any atom is -0.290 e. The monoisotopic (exact) mass is 247 g/mol. The van der Waals surface area contributed by atoms with Crippen molar-refractivity contribution in [1.29, 1.82) is 0 Å². The van der Waals surface area contributed by atoms with Gasteiger partial charge in [-0.25, -0.2) is 9.97 Å². The van der Waals surface area contributed by atoms with Crippen LogP contribution in [0.25, 0.3) is 0 Å². The summed E-state index contributed by atoms with van der Waals surface area (Å²) < 4.78 is 0. The van der Waals surface area contributed by atoms with E-state index >= 15 is 0 Å². The van der Waals surface area contributed by atoms with Crippen molar-refractivity contribution in [3.63, 3.8) is 0 Å². The van der Waals surface area contributed by atoms with E-state index in [1.54, 1.807) is 24.7 Å². The number of carbonyl (C=O) groups is 1. The third-order valence-electron chi connectivity index (χ3n) is 2.24. The Labute approximate surface area is 104 Å². The third-order valence-corrected chi connectivity index (χ3v) is 2.58. The molecule has 0 aliphatic carbocycles. The molecule has 2 heterocycles. The fourth-order valence-corrected chi connectivity index (χ4v) is 1.52. The number of rotatable bonds is 3. The summed E-state index contributed by atoms with van der Waals surface area (Å²) in [4.78, 5) is 23.7. The molecule has 17 heavy (non-hydrogen) atoms. The molecule has 0 unspecified atom stereocenters. The van der Waals surface area contributed by atoms with Crippen LogP contribution in [0.1, 0.15) is 21.7 Å². The Bertz CT molecular complexity index is 540. The molecule has 2 rings (SSSR count). The van der Waals surface area contributed by atoms with E-state index in [0.29, 0.717) is 5.02 Å². The molecule has 0 spiro atoms. The lowest BCUT2D eigenvalue weighted by Gasteiger charge is -2.02. The van der Waals surface area contributed by atoms with Gasteiger partial charge in [0.2, 0.25) is 5.78 Å². The Morgan fingerprint density at radius 1 is 1.29 bits per heavy atom. The Morgan fingerprint density at radius 3 is 2.65 bits per heavy atom. The van der Waals surface area contributed by atoms with E-state index in [1.807, 2.05) is 6.92 Å². The smallest absolute Gasteiger partial charge is 0.204 e. The predicted molar refractivity (Wildman–Crippen MR) is 64.1 cm³/mol. The van der Waals surface area contributed by atoms with Crippen LogP contribution < -0.4 is 0 Å². The van der Waals surface area contributed by atoms with Crippen molar-refractivity contribution in [3.8, 4) is 0 Å². The Morgan fingerprint density at radius 2 is 2.00 bits per heavy atom. The number of nitrogens with zero attached hydrogens (tertiary/aromatic N) is 3. The maximum Gasteiger partial charge on any atom is 0.204 e. The second kappa shape index (κ2) is 5.01.